The maximum absolute atomic E-state index is 13.5. The van der Waals surface area contributed by atoms with Crippen LogP contribution in [0.2, 0.25) is 5.02 Å². The van der Waals surface area contributed by atoms with Gasteiger partial charge in [0, 0.05) is 11.6 Å². The van der Waals surface area contributed by atoms with E-state index in [9.17, 15) is 9.59 Å². The SMILES string of the molecule is COC(=O)C[C@@H]1O[C@@H](c2cccc(Cl)c2)[C@H](c2nc3ccccc3s2)N(CC2CC2)C1=O. The van der Waals surface area contributed by atoms with Gasteiger partial charge in [-0.1, -0.05) is 35.9 Å². The molecule has 1 amide bonds. The van der Waals surface area contributed by atoms with Gasteiger partial charge in [-0.2, -0.15) is 0 Å². The molecule has 2 fully saturated rings. The van der Waals surface area contributed by atoms with Crippen molar-refractivity contribution in [2.75, 3.05) is 13.7 Å². The van der Waals surface area contributed by atoms with Gasteiger partial charge in [0.05, 0.1) is 23.7 Å². The first-order valence-electron chi connectivity index (χ1n) is 10.7. The van der Waals surface area contributed by atoms with Crippen LogP contribution in [0, 0.1) is 5.92 Å². The highest BCUT2D eigenvalue weighted by Gasteiger charge is 2.47. The van der Waals surface area contributed by atoms with Gasteiger partial charge in [0.1, 0.15) is 23.3 Å². The molecule has 6 nitrogen and oxygen atoms in total. The third kappa shape index (κ3) is 4.25. The minimum absolute atomic E-state index is 0.125. The van der Waals surface area contributed by atoms with Crippen molar-refractivity contribution in [3.63, 3.8) is 0 Å². The number of hydrogen-bond donors (Lipinski definition) is 0. The van der Waals surface area contributed by atoms with Crippen molar-refractivity contribution in [3.8, 4) is 0 Å². The third-order valence-corrected chi connectivity index (χ3v) is 7.31. The first-order valence-corrected chi connectivity index (χ1v) is 11.9. The van der Waals surface area contributed by atoms with Crippen molar-refractivity contribution in [3.05, 3.63) is 64.1 Å². The summed E-state index contributed by atoms with van der Waals surface area (Å²) < 4.78 is 12.2. The predicted molar refractivity (Wildman–Crippen MR) is 122 cm³/mol. The average Bonchev–Trinajstić information content (AvgIpc) is 3.51. The molecule has 2 aromatic carbocycles. The number of rotatable bonds is 6. The molecule has 0 radical (unpaired) electrons. The van der Waals surface area contributed by atoms with Crippen LogP contribution in [-0.2, 0) is 19.1 Å². The van der Waals surface area contributed by atoms with Crippen molar-refractivity contribution in [2.24, 2.45) is 5.92 Å². The quantitative estimate of drug-likeness (QED) is 0.477. The highest BCUT2D eigenvalue weighted by molar-refractivity contribution is 7.18. The Hall–Kier alpha value is -2.48. The zero-order valence-electron chi connectivity index (χ0n) is 17.6. The fourth-order valence-electron chi connectivity index (χ4n) is 4.17. The van der Waals surface area contributed by atoms with E-state index in [1.165, 1.54) is 7.11 Å². The summed E-state index contributed by atoms with van der Waals surface area (Å²) in [5.41, 5.74) is 1.75. The van der Waals surface area contributed by atoms with Crippen LogP contribution in [-0.4, -0.2) is 41.5 Å². The van der Waals surface area contributed by atoms with E-state index in [2.05, 4.69) is 0 Å². The highest BCUT2D eigenvalue weighted by Crippen LogP contribution is 2.46. The number of carbonyl (C=O) groups is 2. The molecule has 1 aliphatic carbocycles. The minimum Gasteiger partial charge on any atom is -0.469 e. The molecule has 0 N–H and O–H groups in total. The number of thiazole rings is 1. The zero-order chi connectivity index (χ0) is 22.2. The number of methoxy groups -OCH3 is 1. The van der Waals surface area contributed by atoms with Gasteiger partial charge in [-0.3, -0.25) is 9.59 Å². The fourth-order valence-corrected chi connectivity index (χ4v) is 5.48. The molecule has 1 saturated carbocycles. The van der Waals surface area contributed by atoms with Crippen LogP contribution in [0.5, 0.6) is 0 Å². The maximum Gasteiger partial charge on any atom is 0.308 e. The summed E-state index contributed by atoms with van der Waals surface area (Å²) in [6.45, 7) is 0.623. The summed E-state index contributed by atoms with van der Waals surface area (Å²) in [7, 11) is 1.32. The highest BCUT2D eigenvalue weighted by atomic mass is 35.5. The molecule has 1 aliphatic heterocycles. The van der Waals surface area contributed by atoms with Crippen LogP contribution in [0.1, 0.15) is 42.0 Å². The largest absolute Gasteiger partial charge is 0.469 e. The van der Waals surface area contributed by atoms with Crippen molar-refractivity contribution >= 4 is 45.0 Å². The van der Waals surface area contributed by atoms with E-state index in [1.807, 2.05) is 47.4 Å². The smallest absolute Gasteiger partial charge is 0.308 e. The van der Waals surface area contributed by atoms with Gasteiger partial charge in [0.2, 0.25) is 0 Å². The Bertz CT molecular complexity index is 1130. The Morgan fingerprint density at radius 1 is 1.25 bits per heavy atom. The number of ether oxygens (including phenoxy) is 2. The summed E-state index contributed by atoms with van der Waals surface area (Å²) in [6.07, 6.45) is 0.665. The Morgan fingerprint density at radius 3 is 2.78 bits per heavy atom. The lowest BCUT2D eigenvalue weighted by Crippen LogP contribution is -2.52. The van der Waals surface area contributed by atoms with Gasteiger partial charge < -0.3 is 14.4 Å². The van der Waals surface area contributed by atoms with Crippen molar-refractivity contribution in [2.45, 2.75) is 37.5 Å². The number of morpholine rings is 1. The van der Waals surface area contributed by atoms with Crippen molar-refractivity contribution in [1.29, 1.82) is 0 Å². The molecule has 2 heterocycles. The van der Waals surface area contributed by atoms with Gasteiger partial charge in [-0.05, 0) is 48.6 Å². The summed E-state index contributed by atoms with van der Waals surface area (Å²) >= 11 is 7.87. The van der Waals surface area contributed by atoms with Gasteiger partial charge in [-0.15, -0.1) is 11.3 Å². The minimum atomic E-state index is -0.907. The summed E-state index contributed by atoms with van der Waals surface area (Å²) in [5.74, 6) is -0.199. The number of amides is 1. The Kier molecular flexibility index (Phi) is 5.88. The normalized spacial score (nSPS) is 23.5. The second-order valence-electron chi connectivity index (χ2n) is 8.28. The second kappa shape index (κ2) is 8.81. The Balaban J connectivity index is 1.61. The molecule has 166 valence electrons. The number of benzene rings is 2. The van der Waals surface area contributed by atoms with Crippen LogP contribution in [0.4, 0.5) is 0 Å². The number of hydrogen-bond acceptors (Lipinski definition) is 6. The van der Waals surface area contributed by atoms with Gasteiger partial charge in [0.25, 0.3) is 5.91 Å². The van der Waals surface area contributed by atoms with Gasteiger partial charge >= 0.3 is 5.97 Å². The molecule has 0 bridgehead atoms. The van der Waals surface area contributed by atoms with Gasteiger partial charge in [0.15, 0.2) is 0 Å². The van der Waals surface area contributed by atoms with Crippen LogP contribution < -0.4 is 0 Å². The first-order chi connectivity index (χ1) is 15.5. The molecule has 3 atom stereocenters. The molecule has 1 saturated heterocycles. The second-order valence-corrected chi connectivity index (χ2v) is 9.78. The number of aromatic nitrogens is 1. The molecule has 2 aliphatic rings. The lowest BCUT2D eigenvalue weighted by atomic mass is 9.96. The molecule has 8 heteroatoms. The lowest BCUT2D eigenvalue weighted by Gasteiger charge is -2.43. The topological polar surface area (TPSA) is 68.7 Å². The predicted octanol–water partition coefficient (Wildman–Crippen LogP) is 4.93. The van der Waals surface area contributed by atoms with E-state index in [4.69, 9.17) is 26.1 Å². The number of fused-ring (bicyclic) bond motifs is 1. The van der Waals surface area contributed by atoms with Crippen LogP contribution in [0.15, 0.2) is 48.5 Å². The monoisotopic (exact) mass is 470 g/mol. The van der Waals surface area contributed by atoms with Crippen molar-refractivity contribution < 1.29 is 19.1 Å². The van der Waals surface area contributed by atoms with E-state index in [-0.39, 0.29) is 12.3 Å². The Morgan fingerprint density at radius 2 is 2.06 bits per heavy atom. The number of esters is 1. The van der Waals surface area contributed by atoms with E-state index >= 15 is 0 Å². The van der Waals surface area contributed by atoms with E-state index in [0.717, 1.165) is 33.6 Å². The zero-order valence-corrected chi connectivity index (χ0v) is 19.1. The number of halogens is 1. The summed E-state index contributed by atoms with van der Waals surface area (Å²) in [4.78, 5) is 32.3. The number of carbonyl (C=O) groups excluding carboxylic acids is 2. The van der Waals surface area contributed by atoms with Crippen LogP contribution in [0.25, 0.3) is 10.2 Å². The Labute approximate surface area is 195 Å². The van der Waals surface area contributed by atoms with Crippen LogP contribution in [0.3, 0.4) is 0 Å². The standard InChI is InChI=1S/C24H23ClN2O4S/c1-30-20(28)12-18-24(29)27(13-14-9-10-14)21(22(31-18)15-5-4-6-16(25)11-15)23-26-17-7-2-3-8-19(17)32-23/h2-8,11,14,18,21-22H,9-10,12-13H2,1H3/t18-,21+,22-/m0/s1. The molecule has 32 heavy (non-hydrogen) atoms. The first kappa shape index (κ1) is 21.4. The summed E-state index contributed by atoms with van der Waals surface area (Å²) in [5, 5.41) is 1.41. The lowest BCUT2D eigenvalue weighted by molar-refractivity contribution is -0.179. The van der Waals surface area contributed by atoms with E-state index < -0.39 is 24.2 Å². The summed E-state index contributed by atoms with van der Waals surface area (Å²) in [6, 6.07) is 15.0. The van der Waals surface area contributed by atoms with E-state index in [1.54, 1.807) is 17.4 Å². The molecule has 0 unspecified atom stereocenters. The maximum atomic E-state index is 13.5. The molecular formula is C24H23ClN2O4S. The molecular weight excluding hydrogens is 448 g/mol. The van der Waals surface area contributed by atoms with E-state index in [0.29, 0.717) is 17.5 Å². The van der Waals surface area contributed by atoms with Crippen molar-refractivity contribution in [1.82, 2.24) is 9.88 Å². The van der Waals surface area contributed by atoms with Gasteiger partial charge in [-0.25, -0.2) is 4.98 Å². The molecule has 0 spiro atoms. The van der Waals surface area contributed by atoms with Crippen LogP contribution >= 0.6 is 22.9 Å². The molecule has 1 aromatic heterocycles. The number of nitrogens with zero attached hydrogens (tertiary/aromatic N) is 2. The molecule has 3 aromatic rings. The molecule has 5 rings (SSSR count). The average molecular weight is 471 g/mol. The number of para-hydroxylation sites is 1. The third-order valence-electron chi connectivity index (χ3n) is 5.96. The fraction of sp³-hybridized carbons (Fsp3) is 0.375.